The first kappa shape index (κ1) is 14.0. The Bertz CT molecular complexity index is 558. The van der Waals surface area contributed by atoms with E-state index in [9.17, 15) is 8.78 Å². The van der Waals surface area contributed by atoms with Crippen LogP contribution in [-0.4, -0.2) is 6.54 Å². The van der Waals surface area contributed by atoms with Crippen molar-refractivity contribution in [2.45, 2.75) is 23.3 Å². The molecule has 2 aromatic carbocycles. The highest BCUT2D eigenvalue weighted by molar-refractivity contribution is 7.99. The van der Waals surface area contributed by atoms with Gasteiger partial charge in [-0.1, -0.05) is 36.9 Å². The van der Waals surface area contributed by atoms with Crippen LogP contribution in [0.4, 0.5) is 8.78 Å². The molecule has 0 aliphatic rings. The maximum atomic E-state index is 13.2. The van der Waals surface area contributed by atoms with Gasteiger partial charge >= 0.3 is 0 Å². The van der Waals surface area contributed by atoms with E-state index in [1.54, 1.807) is 6.07 Å². The van der Waals surface area contributed by atoms with Crippen LogP contribution in [0.15, 0.2) is 52.3 Å². The van der Waals surface area contributed by atoms with Crippen LogP contribution in [0, 0.1) is 11.6 Å². The lowest BCUT2D eigenvalue weighted by atomic mass is 10.2. The first-order valence-corrected chi connectivity index (χ1v) is 6.94. The van der Waals surface area contributed by atoms with Gasteiger partial charge in [0.2, 0.25) is 0 Å². The van der Waals surface area contributed by atoms with Gasteiger partial charge in [-0.05, 0) is 36.4 Å². The monoisotopic (exact) mass is 279 g/mol. The number of hydrogen-bond donors (Lipinski definition) is 1. The number of nitrogens with one attached hydrogen (secondary N) is 1. The van der Waals surface area contributed by atoms with Crippen molar-refractivity contribution in [3.05, 3.63) is 59.7 Å². The number of halogens is 2. The third kappa shape index (κ3) is 3.78. The summed E-state index contributed by atoms with van der Waals surface area (Å²) >= 11 is 1.44. The quantitative estimate of drug-likeness (QED) is 0.879. The second-order valence-electron chi connectivity index (χ2n) is 4.07. The van der Waals surface area contributed by atoms with Gasteiger partial charge in [-0.2, -0.15) is 0 Å². The van der Waals surface area contributed by atoms with Gasteiger partial charge in [0.1, 0.15) is 0 Å². The summed E-state index contributed by atoms with van der Waals surface area (Å²) in [4.78, 5) is 1.75. The van der Waals surface area contributed by atoms with Gasteiger partial charge in [0.25, 0.3) is 0 Å². The average molecular weight is 279 g/mol. The molecule has 0 bridgehead atoms. The lowest BCUT2D eigenvalue weighted by Gasteiger charge is -2.09. The second-order valence-corrected chi connectivity index (χ2v) is 5.18. The summed E-state index contributed by atoms with van der Waals surface area (Å²) in [6.07, 6.45) is 0. The van der Waals surface area contributed by atoms with Gasteiger partial charge in [0, 0.05) is 16.3 Å². The normalized spacial score (nSPS) is 10.7. The molecule has 0 fully saturated rings. The number of hydrogen-bond acceptors (Lipinski definition) is 2. The second kappa shape index (κ2) is 6.68. The van der Waals surface area contributed by atoms with E-state index < -0.39 is 11.6 Å². The summed E-state index contributed by atoms with van der Waals surface area (Å²) in [7, 11) is 0. The maximum absolute atomic E-state index is 13.2. The zero-order valence-electron chi connectivity index (χ0n) is 10.6. The van der Waals surface area contributed by atoms with Crippen molar-refractivity contribution in [1.82, 2.24) is 5.32 Å². The summed E-state index contributed by atoms with van der Waals surface area (Å²) in [5, 5.41) is 3.26. The molecule has 1 nitrogen and oxygen atoms in total. The minimum absolute atomic E-state index is 0.697. The van der Waals surface area contributed by atoms with E-state index in [1.807, 2.05) is 31.2 Å². The van der Waals surface area contributed by atoms with E-state index in [2.05, 4.69) is 5.32 Å². The Kier molecular flexibility index (Phi) is 4.93. The molecule has 100 valence electrons. The molecule has 0 aromatic heterocycles. The molecule has 0 saturated carbocycles. The fourth-order valence-electron chi connectivity index (χ4n) is 1.68. The zero-order valence-corrected chi connectivity index (χ0v) is 11.4. The van der Waals surface area contributed by atoms with E-state index in [-0.39, 0.29) is 0 Å². The topological polar surface area (TPSA) is 12.0 Å². The van der Waals surface area contributed by atoms with Crippen molar-refractivity contribution < 1.29 is 8.78 Å². The molecule has 0 aliphatic heterocycles. The molecule has 0 saturated heterocycles. The van der Waals surface area contributed by atoms with Gasteiger partial charge in [-0.3, -0.25) is 0 Å². The molecule has 0 aliphatic carbocycles. The molecule has 0 atom stereocenters. The summed E-state index contributed by atoms with van der Waals surface area (Å²) in [5.41, 5.74) is 1.15. The highest BCUT2D eigenvalue weighted by Gasteiger charge is 2.06. The third-order valence-electron chi connectivity index (χ3n) is 2.66. The van der Waals surface area contributed by atoms with Crippen LogP contribution in [0.1, 0.15) is 12.5 Å². The van der Waals surface area contributed by atoms with E-state index >= 15 is 0 Å². The van der Waals surface area contributed by atoms with E-state index in [0.717, 1.165) is 29.6 Å². The predicted molar refractivity (Wildman–Crippen MR) is 74.3 cm³/mol. The molecule has 0 unspecified atom stereocenters. The molecular weight excluding hydrogens is 264 g/mol. The fourth-order valence-corrected chi connectivity index (χ4v) is 2.65. The van der Waals surface area contributed by atoms with Crippen LogP contribution in [0.5, 0.6) is 0 Å². The van der Waals surface area contributed by atoms with Crippen molar-refractivity contribution in [2.24, 2.45) is 0 Å². The van der Waals surface area contributed by atoms with Gasteiger partial charge in [0.05, 0.1) is 0 Å². The fraction of sp³-hybridized carbons (Fsp3) is 0.200. The summed E-state index contributed by atoms with van der Waals surface area (Å²) < 4.78 is 26.1. The van der Waals surface area contributed by atoms with E-state index in [4.69, 9.17) is 0 Å². The smallest absolute Gasteiger partial charge is 0.159 e. The summed E-state index contributed by atoms with van der Waals surface area (Å²) in [6.45, 7) is 3.71. The van der Waals surface area contributed by atoms with E-state index in [0.29, 0.717) is 4.90 Å². The third-order valence-corrected chi connectivity index (χ3v) is 3.76. The minimum Gasteiger partial charge on any atom is -0.313 e. The SMILES string of the molecule is CCNCc1ccccc1Sc1ccc(F)c(F)c1. The van der Waals surface area contributed by atoms with Crippen molar-refractivity contribution in [3.8, 4) is 0 Å². The Labute approximate surface area is 116 Å². The molecule has 0 spiro atoms. The highest BCUT2D eigenvalue weighted by atomic mass is 32.2. The van der Waals surface area contributed by atoms with Gasteiger partial charge < -0.3 is 5.32 Å². The minimum atomic E-state index is -0.815. The molecule has 0 heterocycles. The molecule has 4 heteroatoms. The van der Waals surface area contributed by atoms with Crippen LogP contribution in [0.2, 0.25) is 0 Å². The van der Waals surface area contributed by atoms with Crippen molar-refractivity contribution in [2.75, 3.05) is 6.54 Å². The van der Waals surface area contributed by atoms with E-state index in [1.165, 1.54) is 17.8 Å². The molecule has 2 rings (SSSR count). The predicted octanol–water partition coefficient (Wildman–Crippen LogP) is 4.23. The Balaban J connectivity index is 2.20. The lowest BCUT2D eigenvalue weighted by molar-refractivity contribution is 0.506. The summed E-state index contributed by atoms with van der Waals surface area (Å²) in [5.74, 6) is -1.63. The van der Waals surface area contributed by atoms with Crippen LogP contribution in [-0.2, 0) is 6.54 Å². The van der Waals surface area contributed by atoms with Gasteiger partial charge in [-0.15, -0.1) is 0 Å². The van der Waals surface area contributed by atoms with Crippen LogP contribution in [0.3, 0.4) is 0 Å². The van der Waals surface area contributed by atoms with Crippen molar-refractivity contribution in [1.29, 1.82) is 0 Å². The van der Waals surface area contributed by atoms with Gasteiger partial charge in [-0.25, -0.2) is 8.78 Å². The molecule has 0 radical (unpaired) electrons. The number of benzene rings is 2. The van der Waals surface area contributed by atoms with Crippen molar-refractivity contribution in [3.63, 3.8) is 0 Å². The lowest BCUT2D eigenvalue weighted by Crippen LogP contribution is -2.12. The maximum Gasteiger partial charge on any atom is 0.159 e. The highest BCUT2D eigenvalue weighted by Crippen LogP contribution is 2.31. The first-order valence-electron chi connectivity index (χ1n) is 6.12. The zero-order chi connectivity index (χ0) is 13.7. The Morgan fingerprint density at radius 3 is 2.58 bits per heavy atom. The van der Waals surface area contributed by atoms with Gasteiger partial charge in [0.15, 0.2) is 11.6 Å². The average Bonchev–Trinajstić information content (AvgIpc) is 2.42. The molecule has 2 aromatic rings. The summed E-state index contributed by atoms with van der Waals surface area (Å²) in [6, 6.07) is 11.9. The standard InChI is InChI=1S/C15H15F2NS/c1-2-18-10-11-5-3-4-6-15(11)19-12-7-8-13(16)14(17)9-12/h3-9,18H,2,10H2,1H3. The number of rotatable bonds is 5. The Hall–Kier alpha value is -1.39. The van der Waals surface area contributed by atoms with Crippen LogP contribution >= 0.6 is 11.8 Å². The van der Waals surface area contributed by atoms with Crippen molar-refractivity contribution >= 4 is 11.8 Å². The molecular formula is C15H15F2NS. The Morgan fingerprint density at radius 2 is 1.84 bits per heavy atom. The van der Waals surface area contributed by atoms with Crippen LogP contribution in [0.25, 0.3) is 0 Å². The molecule has 0 amide bonds. The molecule has 1 N–H and O–H groups in total. The largest absolute Gasteiger partial charge is 0.313 e. The molecule has 19 heavy (non-hydrogen) atoms. The van der Waals surface area contributed by atoms with Crippen LogP contribution < -0.4 is 5.32 Å². The Morgan fingerprint density at radius 1 is 1.05 bits per heavy atom. The first-order chi connectivity index (χ1) is 9.20.